The van der Waals surface area contributed by atoms with Crippen LogP contribution in [0.3, 0.4) is 0 Å². The first-order valence-corrected chi connectivity index (χ1v) is 8.81. The van der Waals surface area contributed by atoms with Crippen molar-refractivity contribution in [3.8, 4) is 5.69 Å². The number of carbonyl (C=O) groups excluding carboxylic acids is 1. The molecule has 0 bridgehead atoms. The Labute approximate surface area is 148 Å². The molecule has 120 valence electrons. The molecule has 0 saturated carbocycles. The molecule has 24 heavy (non-hydrogen) atoms. The second-order valence-electron chi connectivity index (χ2n) is 5.52. The van der Waals surface area contributed by atoms with Crippen molar-refractivity contribution in [2.75, 3.05) is 5.32 Å². The Morgan fingerprint density at radius 3 is 2.88 bits per heavy atom. The maximum Gasteiger partial charge on any atom is 0.238 e. The molecule has 1 aliphatic rings. The van der Waals surface area contributed by atoms with Crippen molar-refractivity contribution in [2.24, 2.45) is 0 Å². The number of nitrogens with one attached hydrogen (secondary N) is 1. The molecule has 2 heterocycles. The molecule has 1 aromatic heterocycles. The van der Waals surface area contributed by atoms with E-state index in [0.29, 0.717) is 10.7 Å². The average Bonchev–Trinajstić information content (AvgIpc) is 3.24. The van der Waals surface area contributed by atoms with Crippen LogP contribution < -0.4 is 5.32 Å². The second kappa shape index (κ2) is 6.34. The number of benzene rings is 2. The van der Waals surface area contributed by atoms with E-state index in [1.165, 1.54) is 10.5 Å². The normalized spacial score (nSPS) is 16.0. The molecule has 1 atom stereocenters. The summed E-state index contributed by atoms with van der Waals surface area (Å²) in [4.78, 5) is 13.7. The Morgan fingerprint density at radius 2 is 2.12 bits per heavy atom. The summed E-state index contributed by atoms with van der Waals surface area (Å²) in [5.74, 6) is -0.000828. The minimum absolute atomic E-state index is 0.000828. The highest BCUT2D eigenvalue weighted by molar-refractivity contribution is 8.01. The Kier molecular flexibility index (Phi) is 4.04. The van der Waals surface area contributed by atoms with Crippen LogP contribution >= 0.6 is 23.4 Å². The van der Waals surface area contributed by atoms with Crippen LogP contribution in [0, 0.1) is 0 Å². The molecule has 0 aliphatic carbocycles. The summed E-state index contributed by atoms with van der Waals surface area (Å²) in [6.07, 6.45) is 4.28. The first kappa shape index (κ1) is 15.3. The van der Waals surface area contributed by atoms with E-state index in [-0.39, 0.29) is 11.2 Å². The van der Waals surface area contributed by atoms with E-state index in [1.54, 1.807) is 28.7 Å². The number of carbonyl (C=O) groups is 1. The number of thioether (sulfide) groups is 1. The van der Waals surface area contributed by atoms with Gasteiger partial charge in [-0.3, -0.25) is 4.79 Å². The zero-order chi connectivity index (χ0) is 16.5. The summed E-state index contributed by atoms with van der Waals surface area (Å²) >= 11 is 7.93. The number of hydrogen-bond acceptors (Lipinski definition) is 3. The number of hydrogen-bond donors (Lipinski definition) is 1. The minimum Gasteiger partial charge on any atom is -0.325 e. The fourth-order valence-corrected chi connectivity index (χ4v) is 4.20. The van der Waals surface area contributed by atoms with E-state index in [0.717, 1.165) is 12.1 Å². The van der Waals surface area contributed by atoms with E-state index in [9.17, 15) is 4.79 Å². The SMILES string of the molecule is O=C(Nc1ccc(-n2cccn2)c(Cl)c1)C1Cc2ccccc2S1. The first-order valence-electron chi connectivity index (χ1n) is 7.56. The van der Waals surface area contributed by atoms with Crippen LogP contribution in [0.5, 0.6) is 0 Å². The van der Waals surface area contributed by atoms with Crippen LogP contribution in [0.25, 0.3) is 5.69 Å². The van der Waals surface area contributed by atoms with Gasteiger partial charge in [0, 0.05) is 23.0 Å². The molecule has 1 unspecified atom stereocenters. The smallest absolute Gasteiger partial charge is 0.238 e. The molecule has 0 radical (unpaired) electrons. The van der Waals surface area contributed by atoms with Gasteiger partial charge in [0.2, 0.25) is 5.91 Å². The Balaban J connectivity index is 1.48. The van der Waals surface area contributed by atoms with E-state index in [4.69, 9.17) is 11.6 Å². The van der Waals surface area contributed by atoms with Gasteiger partial charge in [0.05, 0.1) is 16.0 Å². The van der Waals surface area contributed by atoms with Crippen LogP contribution in [0.1, 0.15) is 5.56 Å². The van der Waals surface area contributed by atoms with Gasteiger partial charge in [-0.25, -0.2) is 4.68 Å². The number of aromatic nitrogens is 2. The van der Waals surface area contributed by atoms with E-state index < -0.39 is 0 Å². The summed E-state index contributed by atoms with van der Waals surface area (Å²) in [6, 6.07) is 15.4. The van der Waals surface area contributed by atoms with Crippen LogP contribution in [0.2, 0.25) is 5.02 Å². The molecule has 4 nitrogen and oxygen atoms in total. The number of fused-ring (bicyclic) bond motifs is 1. The third kappa shape index (κ3) is 2.92. The molecule has 1 N–H and O–H groups in total. The molecule has 0 spiro atoms. The van der Waals surface area contributed by atoms with E-state index >= 15 is 0 Å². The number of halogens is 1. The van der Waals surface area contributed by atoms with Crippen LogP contribution in [0.4, 0.5) is 5.69 Å². The summed E-state index contributed by atoms with van der Waals surface area (Å²) in [6.45, 7) is 0. The average molecular weight is 356 g/mol. The molecule has 4 rings (SSSR count). The van der Waals surface area contributed by atoms with Gasteiger partial charge in [-0.1, -0.05) is 29.8 Å². The lowest BCUT2D eigenvalue weighted by Crippen LogP contribution is -2.24. The Hall–Kier alpha value is -2.24. The number of rotatable bonds is 3. The molecule has 1 aliphatic heterocycles. The van der Waals surface area contributed by atoms with E-state index in [2.05, 4.69) is 22.5 Å². The van der Waals surface area contributed by atoms with Gasteiger partial charge in [-0.2, -0.15) is 5.10 Å². The molecule has 0 fully saturated rings. The molecular weight excluding hydrogens is 342 g/mol. The van der Waals surface area contributed by atoms with Crippen LogP contribution in [-0.4, -0.2) is 20.9 Å². The number of nitrogens with zero attached hydrogens (tertiary/aromatic N) is 2. The minimum atomic E-state index is -0.105. The maximum absolute atomic E-state index is 12.5. The Bertz CT molecular complexity index is 870. The molecule has 3 aromatic rings. The van der Waals surface area contributed by atoms with Gasteiger partial charge >= 0.3 is 0 Å². The largest absolute Gasteiger partial charge is 0.325 e. The lowest BCUT2D eigenvalue weighted by Gasteiger charge is -2.12. The second-order valence-corrected chi connectivity index (χ2v) is 7.18. The van der Waals surface area contributed by atoms with Gasteiger partial charge in [-0.15, -0.1) is 11.8 Å². The number of anilines is 1. The van der Waals surface area contributed by atoms with Crippen molar-refractivity contribution < 1.29 is 4.79 Å². The molecule has 6 heteroatoms. The van der Waals surface area contributed by atoms with Crippen molar-refractivity contribution in [1.82, 2.24) is 9.78 Å². The predicted octanol–water partition coefficient (Wildman–Crippen LogP) is 4.18. The third-order valence-corrected chi connectivity index (χ3v) is 5.53. The van der Waals surface area contributed by atoms with Gasteiger partial charge in [0.25, 0.3) is 0 Å². The monoisotopic (exact) mass is 355 g/mol. The van der Waals surface area contributed by atoms with E-state index in [1.807, 2.05) is 36.5 Å². The molecule has 1 amide bonds. The first-order chi connectivity index (χ1) is 11.7. The highest BCUT2D eigenvalue weighted by atomic mass is 35.5. The zero-order valence-electron chi connectivity index (χ0n) is 12.6. The standard InChI is InChI=1S/C18H14ClN3OS/c19-14-11-13(6-7-15(14)22-9-3-8-20-22)21-18(23)17-10-12-4-1-2-5-16(12)24-17/h1-9,11,17H,10H2,(H,21,23). The van der Waals surface area contributed by atoms with Crippen molar-refractivity contribution >= 4 is 35.0 Å². The molecule has 0 saturated heterocycles. The lowest BCUT2D eigenvalue weighted by molar-refractivity contribution is -0.115. The topological polar surface area (TPSA) is 46.9 Å². The zero-order valence-corrected chi connectivity index (χ0v) is 14.2. The molecule has 2 aromatic carbocycles. The van der Waals surface area contributed by atoms with Crippen LogP contribution in [-0.2, 0) is 11.2 Å². The van der Waals surface area contributed by atoms with Gasteiger partial charge in [0.15, 0.2) is 0 Å². The summed E-state index contributed by atoms with van der Waals surface area (Å²) in [7, 11) is 0. The highest BCUT2D eigenvalue weighted by Gasteiger charge is 2.28. The number of amides is 1. The molecular formula is C18H14ClN3OS. The van der Waals surface area contributed by atoms with Gasteiger partial charge < -0.3 is 5.32 Å². The lowest BCUT2D eigenvalue weighted by atomic mass is 10.1. The quantitative estimate of drug-likeness (QED) is 0.766. The van der Waals surface area contributed by atoms with Crippen molar-refractivity contribution in [2.45, 2.75) is 16.6 Å². The highest BCUT2D eigenvalue weighted by Crippen LogP contribution is 2.37. The predicted molar refractivity (Wildman–Crippen MR) is 97.0 cm³/mol. The van der Waals surface area contributed by atoms with Crippen molar-refractivity contribution in [1.29, 1.82) is 0 Å². The van der Waals surface area contributed by atoms with Crippen LogP contribution in [0.15, 0.2) is 65.8 Å². The summed E-state index contributed by atoms with van der Waals surface area (Å²) in [5, 5.41) is 7.56. The van der Waals surface area contributed by atoms with Gasteiger partial charge in [-0.05, 0) is 42.3 Å². The fourth-order valence-electron chi connectivity index (χ4n) is 2.73. The third-order valence-electron chi connectivity index (χ3n) is 3.91. The summed E-state index contributed by atoms with van der Waals surface area (Å²) < 4.78 is 1.69. The fraction of sp³-hybridized carbons (Fsp3) is 0.111. The van der Waals surface area contributed by atoms with Gasteiger partial charge in [0.1, 0.15) is 0 Å². The van der Waals surface area contributed by atoms with Crippen molar-refractivity contribution in [3.63, 3.8) is 0 Å². The Morgan fingerprint density at radius 1 is 1.25 bits per heavy atom. The summed E-state index contributed by atoms with van der Waals surface area (Å²) in [5.41, 5.74) is 2.70. The van der Waals surface area contributed by atoms with Crippen molar-refractivity contribution in [3.05, 3.63) is 71.5 Å². The maximum atomic E-state index is 12.5.